The van der Waals surface area contributed by atoms with Gasteiger partial charge < -0.3 is 0 Å². The molecule has 0 amide bonds. The van der Waals surface area contributed by atoms with Crippen LogP contribution in [0.2, 0.25) is 0 Å². The van der Waals surface area contributed by atoms with Crippen LogP contribution >= 0.6 is 11.3 Å². The van der Waals surface area contributed by atoms with E-state index in [9.17, 15) is 0 Å². The van der Waals surface area contributed by atoms with Crippen LogP contribution in [0.3, 0.4) is 0 Å². The smallest absolute Gasteiger partial charge is 0.0358 e. The topological polar surface area (TPSA) is 0 Å². The van der Waals surface area contributed by atoms with Crippen LogP contribution in [0.15, 0.2) is 152 Å². The van der Waals surface area contributed by atoms with E-state index in [1.807, 2.05) is 11.3 Å². The first-order chi connectivity index (χ1) is 25.4. The summed E-state index contributed by atoms with van der Waals surface area (Å²) >= 11 is 1.91. The number of fused-ring (bicyclic) bond motifs is 8. The number of hydrogen-bond acceptors (Lipinski definition) is 1. The lowest BCUT2D eigenvalue weighted by molar-refractivity contribution is 0.661. The Labute approximate surface area is 309 Å². The van der Waals surface area contributed by atoms with Crippen molar-refractivity contribution in [3.63, 3.8) is 0 Å². The van der Waals surface area contributed by atoms with Gasteiger partial charge in [-0.15, -0.1) is 11.3 Å². The van der Waals surface area contributed by atoms with Crippen LogP contribution in [0.4, 0.5) is 0 Å². The van der Waals surface area contributed by atoms with E-state index in [2.05, 4.69) is 185 Å². The van der Waals surface area contributed by atoms with E-state index in [-0.39, 0.29) is 5.41 Å². The van der Waals surface area contributed by atoms with Gasteiger partial charge in [0.05, 0.1) is 0 Å². The molecule has 10 rings (SSSR count). The van der Waals surface area contributed by atoms with Crippen LogP contribution < -0.4 is 0 Å². The Morgan fingerprint density at radius 2 is 1.06 bits per heavy atom. The summed E-state index contributed by atoms with van der Waals surface area (Å²) < 4.78 is 1.37. The fourth-order valence-corrected chi connectivity index (χ4v) is 10.1. The van der Waals surface area contributed by atoms with Crippen molar-refractivity contribution < 1.29 is 0 Å². The standard InChI is InChI=1S/C51H38S/c1-5-13-37-31(2)52-47-30-43-36(28-44(37)47)25-27-45-50(43)42-26-24-35(29-46(42)51(45,3)4)32-20-22-34(23-21-32)49-40-18-11-9-16-38(40)48(33-14-7-6-8-15-33)39-17-10-12-19-41(39)49/h5-30H,1-4H3/b13-5-. The molecule has 248 valence electrons. The Balaban J connectivity index is 1.09. The zero-order valence-electron chi connectivity index (χ0n) is 29.9. The lowest BCUT2D eigenvalue weighted by Gasteiger charge is -2.22. The van der Waals surface area contributed by atoms with Crippen LogP contribution in [0.25, 0.3) is 93.0 Å². The minimum atomic E-state index is -0.0937. The number of benzene rings is 8. The first kappa shape index (κ1) is 31.0. The molecule has 0 N–H and O–H groups in total. The predicted molar refractivity (Wildman–Crippen MR) is 228 cm³/mol. The molecule has 9 aromatic rings. The van der Waals surface area contributed by atoms with Crippen LogP contribution in [0.5, 0.6) is 0 Å². The van der Waals surface area contributed by atoms with Crippen molar-refractivity contribution in [1.29, 1.82) is 0 Å². The maximum Gasteiger partial charge on any atom is 0.0358 e. The Morgan fingerprint density at radius 3 is 1.69 bits per heavy atom. The summed E-state index contributed by atoms with van der Waals surface area (Å²) in [5.41, 5.74) is 14.4. The summed E-state index contributed by atoms with van der Waals surface area (Å²) in [6.07, 6.45) is 4.41. The Bertz CT molecular complexity index is 2860. The minimum Gasteiger partial charge on any atom is -0.140 e. The molecule has 1 heterocycles. The molecule has 8 aromatic carbocycles. The number of allylic oxidation sites excluding steroid dienone is 1. The van der Waals surface area contributed by atoms with Crippen molar-refractivity contribution in [2.24, 2.45) is 0 Å². The van der Waals surface area contributed by atoms with Gasteiger partial charge in [0.2, 0.25) is 0 Å². The Kier molecular flexibility index (Phi) is 6.94. The largest absolute Gasteiger partial charge is 0.140 e. The number of hydrogen-bond donors (Lipinski definition) is 0. The monoisotopic (exact) mass is 682 g/mol. The molecular weight excluding hydrogens is 645 g/mol. The quantitative estimate of drug-likeness (QED) is 0.162. The highest BCUT2D eigenvalue weighted by molar-refractivity contribution is 7.19. The van der Waals surface area contributed by atoms with Crippen LogP contribution in [-0.4, -0.2) is 0 Å². The van der Waals surface area contributed by atoms with E-state index in [1.54, 1.807) is 0 Å². The minimum absolute atomic E-state index is 0.0937. The van der Waals surface area contributed by atoms with Gasteiger partial charge in [-0.1, -0.05) is 153 Å². The normalized spacial score (nSPS) is 13.5. The molecular formula is C51H38S. The molecule has 1 aliphatic rings. The van der Waals surface area contributed by atoms with Gasteiger partial charge in [-0.3, -0.25) is 0 Å². The highest BCUT2D eigenvalue weighted by Gasteiger charge is 2.36. The van der Waals surface area contributed by atoms with Crippen LogP contribution in [-0.2, 0) is 5.41 Å². The Hall–Kier alpha value is -5.76. The molecule has 1 aliphatic carbocycles. The summed E-state index contributed by atoms with van der Waals surface area (Å²) in [7, 11) is 0. The van der Waals surface area contributed by atoms with Gasteiger partial charge in [0.25, 0.3) is 0 Å². The molecule has 0 bridgehead atoms. The van der Waals surface area contributed by atoms with Crippen molar-refractivity contribution in [3.05, 3.63) is 173 Å². The van der Waals surface area contributed by atoms with Gasteiger partial charge in [0.15, 0.2) is 0 Å². The number of thiophene rings is 1. The van der Waals surface area contributed by atoms with E-state index in [0.29, 0.717) is 0 Å². The molecule has 1 heteroatoms. The molecule has 1 aromatic heterocycles. The maximum absolute atomic E-state index is 2.45. The van der Waals surface area contributed by atoms with E-state index in [1.165, 1.54) is 108 Å². The van der Waals surface area contributed by atoms with E-state index in [4.69, 9.17) is 0 Å². The van der Waals surface area contributed by atoms with E-state index >= 15 is 0 Å². The molecule has 0 saturated carbocycles. The SMILES string of the molecule is C/C=C\c1c(C)sc2cc3c4c(ccc3cc12)C(C)(C)c1cc(-c2ccc(-c3c5ccccc5c(-c5ccccc5)c5ccccc35)cc2)ccc1-4. The van der Waals surface area contributed by atoms with Crippen molar-refractivity contribution >= 4 is 59.8 Å². The summed E-state index contributed by atoms with van der Waals surface area (Å²) in [6, 6.07) is 54.6. The summed E-state index contributed by atoms with van der Waals surface area (Å²) in [5.74, 6) is 0. The molecule has 0 unspecified atom stereocenters. The molecule has 0 aliphatic heterocycles. The lowest BCUT2D eigenvalue weighted by Crippen LogP contribution is -2.15. The second kappa shape index (κ2) is 11.6. The van der Waals surface area contributed by atoms with Gasteiger partial charge >= 0.3 is 0 Å². The van der Waals surface area contributed by atoms with Gasteiger partial charge in [-0.2, -0.15) is 0 Å². The molecule has 52 heavy (non-hydrogen) atoms. The number of aryl methyl sites for hydroxylation is 1. The van der Waals surface area contributed by atoms with Gasteiger partial charge in [0, 0.05) is 20.4 Å². The molecule has 0 atom stereocenters. The van der Waals surface area contributed by atoms with Crippen molar-refractivity contribution in [3.8, 4) is 44.5 Å². The second-order valence-corrected chi connectivity index (χ2v) is 16.1. The molecule has 0 nitrogen and oxygen atoms in total. The highest BCUT2D eigenvalue weighted by atomic mass is 32.1. The van der Waals surface area contributed by atoms with Gasteiger partial charge in [-0.25, -0.2) is 0 Å². The fraction of sp³-hybridized carbons (Fsp3) is 0.0980. The summed E-state index contributed by atoms with van der Waals surface area (Å²) in [4.78, 5) is 1.38. The fourth-order valence-electron chi connectivity index (χ4n) is 9.03. The zero-order chi connectivity index (χ0) is 35.1. The van der Waals surface area contributed by atoms with Crippen LogP contribution in [0.1, 0.15) is 42.3 Å². The first-order valence-electron chi connectivity index (χ1n) is 18.3. The average Bonchev–Trinajstić information content (AvgIpc) is 3.61. The van der Waals surface area contributed by atoms with Gasteiger partial charge in [0.1, 0.15) is 0 Å². The lowest BCUT2D eigenvalue weighted by atomic mass is 9.81. The van der Waals surface area contributed by atoms with Crippen LogP contribution in [0, 0.1) is 6.92 Å². The highest BCUT2D eigenvalue weighted by Crippen LogP contribution is 2.53. The van der Waals surface area contributed by atoms with E-state index < -0.39 is 0 Å². The zero-order valence-corrected chi connectivity index (χ0v) is 30.7. The van der Waals surface area contributed by atoms with Gasteiger partial charge in [-0.05, 0) is 126 Å². The second-order valence-electron chi connectivity index (χ2n) is 14.8. The molecule has 0 spiro atoms. The van der Waals surface area contributed by atoms with E-state index in [0.717, 1.165) is 0 Å². The first-order valence-corrected chi connectivity index (χ1v) is 19.1. The maximum atomic E-state index is 2.45. The molecule has 0 fully saturated rings. The molecule has 0 saturated heterocycles. The third-order valence-electron chi connectivity index (χ3n) is 11.5. The van der Waals surface area contributed by atoms with Crippen molar-refractivity contribution in [2.45, 2.75) is 33.1 Å². The Morgan fingerprint density at radius 1 is 0.481 bits per heavy atom. The third kappa shape index (κ3) is 4.52. The average molecular weight is 683 g/mol. The van der Waals surface area contributed by atoms with Crippen molar-refractivity contribution in [1.82, 2.24) is 0 Å². The summed E-state index contributed by atoms with van der Waals surface area (Å²) in [6.45, 7) is 9.13. The molecule has 0 radical (unpaired) electrons. The number of rotatable bonds is 4. The summed E-state index contributed by atoms with van der Waals surface area (Å²) in [5, 5.41) is 9.17. The predicted octanol–water partition coefficient (Wildman–Crippen LogP) is 15.0. The third-order valence-corrected chi connectivity index (χ3v) is 12.6. The van der Waals surface area contributed by atoms with Crippen molar-refractivity contribution in [2.75, 3.05) is 0 Å².